The number of likely N-dealkylation sites (tertiary alicyclic amines) is 1. The Labute approximate surface area is 147 Å². The summed E-state index contributed by atoms with van der Waals surface area (Å²) in [6, 6.07) is 5.94. The highest BCUT2D eigenvalue weighted by atomic mass is 32.1. The molecule has 0 bridgehead atoms. The number of nitrogens with zero attached hydrogens (tertiary/aromatic N) is 3. The zero-order valence-electron chi connectivity index (χ0n) is 14.5. The number of aromatic nitrogens is 3. The first kappa shape index (κ1) is 16.9. The third kappa shape index (κ3) is 3.15. The quantitative estimate of drug-likeness (QED) is 0.866. The lowest BCUT2D eigenvalue weighted by atomic mass is 9.96. The summed E-state index contributed by atoms with van der Waals surface area (Å²) in [5, 5.41) is 7.30. The molecule has 1 N–H and O–H groups in total. The Morgan fingerprint density at radius 1 is 1.38 bits per heavy atom. The molecule has 3 rings (SSSR count). The molecule has 0 radical (unpaired) electrons. The van der Waals surface area contributed by atoms with E-state index in [1.165, 1.54) is 5.56 Å². The first-order chi connectivity index (χ1) is 11.5. The maximum Gasteiger partial charge on any atom is 0.253 e. The van der Waals surface area contributed by atoms with Crippen molar-refractivity contribution in [1.29, 1.82) is 0 Å². The van der Waals surface area contributed by atoms with Crippen LogP contribution < -0.4 is 0 Å². The standard InChI is InChI=1S/C18H24N4OS/c1-4-22-16(19-20-18(22)24)15-6-5-9-21(11-15)17(23)14-8-7-12(2)13(3)10-14/h7-8,10,15H,4-6,9,11H2,1-3H3,(H,20,24)/t15-/m1/s1. The van der Waals surface area contributed by atoms with Crippen LogP contribution in [0.5, 0.6) is 0 Å². The number of benzene rings is 1. The van der Waals surface area contributed by atoms with Gasteiger partial charge in [0.05, 0.1) is 0 Å². The molecule has 1 aromatic carbocycles. The predicted molar refractivity (Wildman–Crippen MR) is 96.9 cm³/mol. The van der Waals surface area contributed by atoms with Crippen molar-refractivity contribution in [1.82, 2.24) is 19.7 Å². The van der Waals surface area contributed by atoms with E-state index in [1.54, 1.807) is 0 Å². The minimum absolute atomic E-state index is 0.111. The van der Waals surface area contributed by atoms with Gasteiger partial charge in [0.1, 0.15) is 5.82 Å². The molecule has 1 aliphatic rings. The summed E-state index contributed by atoms with van der Waals surface area (Å²) in [6.45, 7) is 8.48. The van der Waals surface area contributed by atoms with Crippen molar-refractivity contribution in [3.63, 3.8) is 0 Å². The van der Waals surface area contributed by atoms with Crippen LogP contribution in [0, 0.1) is 18.6 Å². The molecule has 1 atom stereocenters. The number of aryl methyl sites for hydroxylation is 2. The maximum atomic E-state index is 12.9. The van der Waals surface area contributed by atoms with Gasteiger partial charge in [-0.2, -0.15) is 5.10 Å². The molecule has 2 aromatic rings. The number of nitrogens with one attached hydrogen (secondary N) is 1. The first-order valence-corrected chi connectivity index (χ1v) is 8.93. The van der Waals surface area contributed by atoms with Crippen molar-refractivity contribution >= 4 is 18.1 Å². The van der Waals surface area contributed by atoms with E-state index in [9.17, 15) is 4.79 Å². The van der Waals surface area contributed by atoms with Crippen LogP contribution in [0.15, 0.2) is 18.2 Å². The van der Waals surface area contributed by atoms with Gasteiger partial charge in [-0.05, 0) is 69.1 Å². The predicted octanol–water partition coefficient (Wildman–Crippen LogP) is 3.60. The summed E-state index contributed by atoms with van der Waals surface area (Å²) in [7, 11) is 0. The second kappa shape index (κ2) is 6.89. The third-order valence-electron chi connectivity index (χ3n) is 4.93. The summed E-state index contributed by atoms with van der Waals surface area (Å²) in [4.78, 5) is 14.8. The van der Waals surface area contributed by atoms with Gasteiger partial charge >= 0.3 is 0 Å². The minimum atomic E-state index is 0.111. The minimum Gasteiger partial charge on any atom is -0.338 e. The van der Waals surface area contributed by atoms with E-state index in [4.69, 9.17) is 12.2 Å². The topological polar surface area (TPSA) is 53.9 Å². The summed E-state index contributed by atoms with van der Waals surface area (Å²) in [5.41, 5.74) is 3.14. The molecule has 5 nitrogen and oxygen atoms in total. The number of rotatable bonds is 3. The molecule has 0 unspecified atom stereocenters. The summed E-state index contributed by atoms with van der Waals surface area (Å²) in [5.74, 6) is 1.32. The lowest BCUT2D eigenvalue weighted by Gasteiger charge is -2.32. The summed E-state index contributed by atoms with van der Waals surface area (Å²) in [6.07, 6.45) is 2.03. The van der Waals surface area contributed by atoms with Crippen LogP contribution >= 0.6 is 12.2 Å². The molecule has 1 aliphatic heterocycles. The number of carbonyl (C=O) groups excluding carboxylic acids is 1. The smallest absolute Gasteiger partial charge is 0.253 e. The van der Waals surface area contributed by atoms with Crippen LogP contribution in [0.1, 0.15) is 53.0 Å². The molecule has 1 saturated heterocycles. The number of carbonyl (C=O) groups is 1. The van der Waals surface area contributed by atoms with Crippen LogP contribution in [0.3, 0.4) is 0 Å². The van der Waals surface area contributed by atoms with Crippen LogP contribution in [0.2, 0.25) is 0 Å². The van der Waals surface area contributed by atoms with Crippen molar-refractivity contribution in [2.24, 2.45) is 0 Å². The van der Waals surface area contributed by atoms with E-state index < -0.39 is 0 Å². The van der Waals surface area contributed by atoms with Crippen LogP contribution in [-0.4, -0.2) is 38.7 Å². The van der Waals surface area contributed by atoms with Gasteiger partial charge in [0.25, 0.3) is 5.91 Å². The van der Waals surface area contributed by atoms with Gasteiger partial charge in [-0.3, -0.25) is 9.89 Å². The molecule has 0 spiro atoms. The highest BCUT2D eigenvalue weighted by molar-refractivity contribution is 7.71. The van der Waals surface area contributed by atoms with E-state index in [1.807, 2.05) is 34.6 Å². The summed E-state index contributed by atoms with van der Waals surface area (Å²) < 4.78 is 2.69. The maximum absolute atomic E-state index is 12.9. The summed E-state index contributed by atoms with van der Waals surface area (Å²) >= 11 is 5.29. The Morgan fingerprint density at radius 2 is 2.17 bits per heavy atom. The molecule has 1 fully saturated rings. The number of piperidine rings is 1. The average Bonchev–Trinajstić information content (AvgIpc) is 2.97. The van der Waals surface area contributed by atoms with Gasteiger partial charge in [-0.1, -0.05) is 6.07 Å². The lowest BCUT2D eigenvalue weighted by molar-refractivity contribution is 0.0703. The van der Waals surface area contributed by atoms with Gasteiger partial charge in [0, 0.05) is 31.1 Å². The van der Waals surface area contributed by atoms with Crippen LogP contribution in [-0.2, 0) is 6.54 Å². The van der Waals surface area contributed by atoms with Gasteiger partial charge in [0.15, 0.2) is 4.77 Å². The van der Waals surface area contributed by atoms with Crippen molar-refractivity contribution in [3.8, 4) is 0 Å². The van der Waals surface area contributed by atoms with Gasteiger partial charge in [-0.25, -0.2) is 0 Å². The molecular weight excluding hydrogens is 320 g/mol. The van der Waals surface area contributed by atoms with Crippen molar-refractivity contribution in [2.45, 2.75) is 46.1 Å². The van der Waals surface area contributed by atoms with Gasteiger partial charge < -0.3 is 9.47 Å². The third-order valence-corrected chi connectivity index (χ3v) is 5.24. The van der Waals surface area contributed by atoms with E-state index in [-0.39, 0.29) is 11.8 Å². The Morgan fingerprint density at radius 3 is 2.88 bits per heavy atom. The lowest BCUT2D eigenvalue weighted by Crippen LogP contribution is -2.39. The molecule has 1 aromatic heterocycles. The molecule has 24 heavy (non-hydrogen) atoms. The number of H-pyrrole nitrogens is 1. The van der Waals surface area contributed by atoms with Gasteiger partial charge in [0.2, 0.25) is 0 Å². The van der Waals surface area contributed by atoms with E-state index in [0.29, 0.717) is 11.3 Å². The largest absolute Gasteiger partial charge is 0.338 e. The van der Waals surface area contributed by atoms with E-state index in [0.717, 1.165) is 42.9 Å². The fourth-order valence-corrected chi connectivity index (χ4v) is 3.64. The van der Waals surface area contributed by atoms with E-state index in [2.05, 4.69) is 24.0 Å². The second-order valence-electron chi connectivity index (χ2n) is 6.52. The SMILES string of the molecule is CCn1c([C@@H]2CCCN(C(=O)c3ccc(C)c(C)c3)C2)n[nH]c1=S. The molecule has 0 aliphatic carbocycles. The fourth-order valence-electron chi connectivity index (χ4n) is 3.38. The second-order valence-corrected chi connectivity index (χ2v) is 6.91. The Balaban J connectivity index is 1.81. The number of hydrogen-bond acceptors (Lipinski definition) is 3. The number of amides is 1. The molecule has 128 valence electrons. The van der Waals surface area contributed by atoms with Crippen molar-refractivity contribution < 1.29 is 4.79 Å². The highest BCUT2D eigenvalue weighted by Gasteiger charge is 2.28. The average molecular weight is 344 g/mol. The van der Waals surface area contributed by atoms with Gasteiger partial charge in [-0.15, -0.1) is 0 Å². The first-order valence-electron chi connectivity index (χ1n) is 8.53. The fraction of sp³-hybridized carbons (Fsp3) is 0.500. The molecule has 0 saturated carbocycles. The van der Waals surface area contributed by atoms with Crippen molar-refractivity contribution in [2.75, 3.05) is 13.1 Å². The van der Waals surface area contributed by atoms with Crippen LogP contribution in [0.25, 0.3) is 0 Å². The highest BCUT2D eigenvalue weighted by Crippen LogP contribution is 2.27. The molecule has 6 heteroatoms. The van der Waals surface area contributed by atoms with E-state index >= 15 is 0 Å². The Bertz CT molecular complexity index is 808. The zero-order chi connectivity index (χ0) is 17.3. The zero-order valence-corrected chi connectivity index (χ0v) is 15.3. The number of aromatic amines is 1. The Hall–Kier alpha value is -1.95. The van der Waals surface area contributed by atoms with Crippen LogP contribution in [0.4, 0.5) is 0 Å². The monoisotopic (exact) mass is 344 g/mol. The normalized spacial score (nSPS) is 18.0. The molecule has 1 amide bonds. The molecular formula is C18H24N4OS. The molecule has 2 heterocycles. The number of hydrogen-bond donors (Lipinski definition) is 1. The van der Waals surface area contributed by atoms with Crippen molar-refractivity contribution in [3.05, 3.63) is 45.5 Å². The Kier molecular flexibility index (Phi) is 4.85.